The van der Waals surface area contributed by atoms with Gasteiger partial charge >= 0.3 is 0 Å². The van der Waals surface area contributed by atoms with E-state index in [1.807, 2.05) is 54.6 Å². The number of halogens is 1. The minimum Gasteiger partial charge on any atom is -0.487 e. The van der Waals surface area contributed by atoms with Crippen LogP contribution in [-0.2, 0) is 5.33 Å². The SMILES string of the molecule is N=C(COc1ccc(CBr)cc1)c1ccccc1. The van der Waals surface area contributed by atoms with Crippen LogP contribution in [0, 0.1) is 5.41 Å². The van der Waals surface area contributed by atoms with Crippen LogP contribution >= 0.6 is 15.9 Å². The summed E-state index contributed by atoms with van der Waals surface area (Å²) in [5.41, 5.74) is 2.59. The smallest absolute Gasteiger partial charge is 0.130 e. The Morgan fingerprint density at radius 2 is 1.67 bits per heavy atom. The van der Waals surface area contributed by atoms with Crippen molar-refractivity contribution >= 4 is 21.6 Å². The van der Waals surface area contributed by atoms with Gasteiger partial charge in [-0.1, -0.05) is 58.4 Å². The quantitative estimate of drug-likeness (QED) is 0.656. The first-order valence-electron chi connectivity index (χ1n) is 5.70. The molecule has 2 aromatic rings. The van der Waals surface area contributed by atoms with Crippen LogP contribution in [0.4, 0.5) is 0 Å². The fourth-order valence-electron chi connectivity index (χ4n) is 1.55. The summed E-state index contributed by atoms with van der Waals surface area (Å²) >= 11 is 3.40. The van der Waals surface area contributed by atoms with Gasteiger partial charge in [0.2, 0.25) is 0 Å². The van der Waals surface area contributed by atoms with Gasteiger partial charge in [0.25, 0.3) is 0 Å². The second-order valence-electron chi connectivity index (χ2n) is 3.91. The maximum absolute atomic E-state index is 7.92. The lowest BCUT2D eigenvalue weighted by atomic mass is 10.1. The third kappa shape index (κ3) is 3.44. The van der Waals surface area contributed by atoms with Gasteiger partial charge in [0.15, 0.2) is 0 Å². The van der Waals surface area contributed by atoms with Gasteiger partial charge in [-0.15, -0.1) is 0 Å². The predicted octanol–water partition coefficient (Wildman–Crippen LogP) is 4.03. The highest BCUT2D eigenvalue weighted by Gasteiger charge is 2.01. The van der Waals surface area contributed by atoms with Crippen molar-refractivity contribution in [2.75, 3.05) is 6.61 Å². The molecule has 92 valence electrons. The van der Waals surface area contributed by atoms with Crippen molar-refractivity contribution in [2.24, 2.45) is 0 Å². The lowest BCUT2D eigenvalue weighted by molar-refractivity contribution is 0.376. The van der Waals surface area contributed by atoms with E-state index in [1.54, 1.807) is 0 Å². The summed E-state index contributed by atoms with van der Waals surface area (Å²) in [6.45, 7) is 0.289. The average molecular weight is 304 g/mol. The van der Waals surface area contributed by atoms with Crippen LogP contribution < -0.4 is 4.74 Å². The molecule has 0 radical (unpaired) electrons. The van der Waals surface area contributed by atoms with Crippen LogP contribution in [0.3, 0.4) is 0 Å². The first-order valence-corrected chi connectivity index (χ1v) is 6.82. The van der Waals surface area contributed by atoms with Gasteiger partial charge in [0.05, 0.1) is 5.71 Å². The molecule has 18 heavy (non-hydrogen) atoms. The number of alkyl halides is 1. The van der Waals surface area contributed by atoms with Crippen molar-refractivity contribution in [1.82, 2.24) is 0 Å². The molecule has 0 aliphatic carbocycles. The lowest BCUT2D eigenvalue weighted by Gasteiger charge is -2.08. The number of hydrogen-bond donors (Lipinski definition) is 1. The molecule has 2 nitrogen and oxygen atoms in total. The predicted molar refractivity (Wildman–Crippen MR) is 77.8 cm³/mol. The molecular weight excluding hydrogens is 290 g/mol. The molecule has 0 unspecified atom stereocenters. The van der Waals surface area contributed by atoms with Crippen LogP contribution in [0.2, 0.25) is 0 Å². The monoisotopic (exact) mass is 303 g/mol. The van der Waals surface area contributed by atoms with Gasteiger partial charge in [-0.05, 0) is 23.3 Å². The Morgan fingerprint density at radius 1 is 1.00 bits per heavy atom. The van der Waals surface area contributed by atoms with Crippen LogP contribution in [0.5, 0.6) is 5.75 Å². The average Bonchev–Trinajstić information content (AvgIpc) is 2.46. The van der Waals surface area contributed by atoms with Crippen molar-refractivity contribution in [3.8, 4) is 5.75 Å². The van der Waals surface area contributed by atoms with Crippen molar-refractivity contribution in [1.29, 1.82) is 5.41 Å². The third-order valence-corrected chi connectivity index (χ3v) is 3.23. The van der Waals surface area contributed by atoms with Gasteiger partial charge in [0.1, 0.15) is 12.4 Å². The van der Waals surface area contributed by atoms with E-state index in [9.17, 15) is 0 Å². The fraction of sp³-hybridized carbons (Fsp3) is 0.133. The zero-order valence-electron chi connectivity index (χ0n) is 9.90. The molecule has 2 rings (SSSR count). The van der Waals surface area contributed by atoms with E-state index in [0.717, 1.165) is 16.6 Å². The highest BCUT2D eigenvalue weighted by atomic mass is 79.9. The molecule has 0 spiro atoms. The molecule has 0 heterocycles. The normalized spacial score (nSPS) is 10.1. The molecule has 1 N–H and O–H groups in total. The van der Waals surface area contributed by atoms with E-state index in [2.05, 4.69) is 15.9 Å². The fourth-order valence-corrected chi connectivity index (χ4v) is 1.93. The molecule has 3 heteroatoms. The van der Waals surface area contributed by atoms with Crippen molar-refractivity contribution < 1.29 is 4.74 Å². The van der Waals surface area contributed by atoms with Crippen LogP contribution in [0.1, 0.15) is 11.1 Å². The molecular formula is C15H14BrNO. The van der Waals surface area contributed by atoms with Crippen LogP contribution in [0.15, 0.2) is 54.6 Å². The second-order valence-corrected chi connectivity index (χ2v) is 4.47. The van der Waals surface area contributed by atoms with Gasteiger partial charge < -0.3 is 10.1 Å². The number of ether oxygens (including phenoxy) is 1. The Morgan fingerprint density at radius 3 is 2.28 bits per heavy atom. The van der Waals surface area contributed by atoms with E-state index in [4.69, 9.17) is 10.1 Å². The van der Waals surface area contributed by atoms with Crippen molar-refractivity contribution in [3.05, 3.63) is 65.7 Å². The molecule has 0 aromatic heterocycles. The highest BCUT2D eigenvalue weighted by Crippen LogP contribution is 2.14. The van der Waals surface area contributed by atoms with Gasteiger partial charge in [0, 0.05) is 5.33 Å². The molecule has 0 fully saturated rings. The summed E-state index contributed by atoms with van der Waals surface area (Å²) in [7, 11) is 0. The molecule has 0 aliphatic rings. The number of benzene rings is 2. The minimum atomic E-state index is 0.289. The van der Waals surface area contributed by atoms with Gasteiger partial charge in [-0.3, -0.25) is 0 Å². The molecule has 2 aromatic carbocycles. The highest BCUT2D eigenvalue weighted by molar-refractivity contribution is 9.08. The summed E-state index contributed by atoms with van der Waals surface area (Å²) in [5, 5.41) is 8.77. The first-order chi connectivity index (χ1) is 8.79. The summed E-state index contributed by atoms with van der Waals surface area (Å²) in [5.74, 6) is 0.792. The number of rotatable bonds is 5. The molecule has 0 amide bonds. The summed E-state index contributed by atoms with van der Waals surface area (Å²) in [4.78, 5) is 0. The van der Waals surface area contributed by atoms with Crippen molar-refractivity contribution in [3.63, 3.8) is 0 Å². The lowest BCUT2D eigenvalue weighted by Crippen LogP contribution is -2.11. The van der Waals surface area contributed by atoms with Gasteiger partial charge in [-0.25, -0.2) is 0 Å². The molecule has 0 atom stereocenters. The Hall–Kier alpha value is -1.61. The van der Waals surface area contributed by atoms with E-state index in [0.29, 0.717) is 5.71 Å². The second kappa shape index (κ2) is 6.36. The third-order valence-electron chi connectivity index (χ3n) is 2.58. The van der Waals surface area contributed by atoms with Crippen molar-refractivity contribution in [2.45, 2.75) is 5.33 Å². The first kappa shape index (κ1) is 12.8. The molecule has 0 bridgehead atoms. The standard InChI is InChI=1S/C15H14BrNO/c16-10-12-6-8-14(9-7-12)18-11-15(17)13-4-2-1-3-5-13/h1-9,17H,10-11H2. The largest absolute Gasteiger partial charge is 0.487 e. The molecule has 0 aliphatic heterocycles. The van der Waals surface area contributed by atoms with E-state index in [1.165, 1.54) is 5.56 Å². The maximum atomic E-state index is 7.92. The van der Waals surface area contributed by atoms with E-state index >= 15 is 0 Å². The summed E-state index contributed by atoms with van der Waals surface area (Å²) in [6.07, 6.45) is 0. The van der Waals surface area contributed by atoms with E-state index < -0.39 is 0 Å². The van der Waals surface area contributed by atoms with Crippen LogP contribution in [0.25, 0.3) is 0 Å². The Balaban J connectivity index is 1.93. The van der Waals surface area contributed by atoms with E-state index in [-0.39, 0.29) is 6.61 Å². The maximum Gasteiger partial charge on any atom is 0.130 e. The topological polar surface area (TPSA) is 33.1 Å². The summed E-state index contributed by atoms with van der Waals surface area (Å²) < 4.78 is 5.58. The number of nitrogens with one attached hydrogen (secondary N) is 1. The Kier molecular flexibility index (Phi) is 4.53. The zero-order chi connectivity index (χ0) is 12.8. The van der Waals surface area contributed by atoms with Gasteiger partial charge in [-0.2, -0.15) is 0 Å². The Labute approximate surface area is 115 Å². The zero-order valence-corrected chi connectivity index (χ0v) is 11.5. The van der Waals surface area contributed by atoms with Crippen LogP contribution in [-0.4, -0.2) is 12.3 Å². The minimum absolute atomic E-state index is 0.289. The number of hydrogen-bond acceptors (Lipinski definition) is 2. The molecule has 0 saturated carbocycles. The Bertz CT molecular complexity index is 508. The molecule has 0 saturated heterocycles. The summed E-state index contributed by atoms with van der Waals surface area (Å²) in [6, 6.07) is 17.5.